The molecular weight excluding hydrogens is 192 g/mol. The number of nitrogens with zero attached hydrogens (tertiary/aromatic N) is 1. The smallest absolute Gasteiger partial charge is 0.138 e. The molecule has 0 fully saturated rings. The molecule has 0 aliphatic carbocycles. The van der Waals surface area contributed by atoms with Crippen LogP contribution in [0.25, 0.3) is 0 Å². The number of hydrogen-bond donors (Lipinski definition) is 2. The first-order valence-corrected chi connectivity index (χ1v) is 5.02. The molecule has 84 valence electrons. The van der Waals surface area contributed by atoms with Crippen LogP contribution in [0.2, 0.25) is 0 Å². The summed E-state index contributed by atoms with van der Waals surface area (Å²) in [5.74, 6) is 0.234. The van der Waals surface area contributed by atoms with Gasteiger partial charge in [-0.3, -0.25) is 4.98 Å². The van der Waals surface area contributed by atoms with Crippen LogP contribution in [0.3, 0.4) is 0 Å². The summed E-state index contributed by atoms with van der Waals surface area (Å²) in [6.07, 6.45) is 0.164. The standard InChI is InChI=1S/C11H18N2O2/c1-8-4-5-11(14)10(13-8)7-12-6-9(2)15-3/h4-5,9,12,14H,6-7H2,1-3H3. The van der Waals surface area contributed by atoms with E-state index < -0.39 is 0 Å². The largest absolute Gasteiger partial charge is 0.506 e. The Morgan fingerprint density at radius 3 is 2.93 bits per heavy atom. The van der Waals surface area contributed by atoms with Gasteiger partial charge in [0.25, 0.3) is 0 Å². The van der Waals surface area contributed by atoms with E-state index >= 15 is 0 Å². The fourth-order valence-corrected chi connectivity index (χ4v) is 1.21. The monoisotopic (exact) mass is 210 g/mol. The van der Waals surface area contributed by atoms with E-state index in [1.54, 1.807) is 19.2 Å². The van der Waals surface area contributed by atoms with Gasteiger partial charge in [0, 0.05) is 25.9 Å². The van der Waals surface area contributed by atoms with E-state index in [0.29, 0.717) is 12.2 Å². The molecule has 0 saturated carbocycles. The molecule has 0 aliphatic heterocycles. The third-order valence-corrected chi connectivity index (χ3v) is 2.22. The van der Waals surface area contributed by atoms with Crippen LogP contribution in [0.4, 0.5) is 0 Å². The van der Waals surface area contributed by atoms with Gasteiger partial charge in [-0.1, -0.05) is 0 Å². The van der Waals surface area contributed by atoms with Crippen molar-refractivity contribution >= 4 is 0 Å². The second-order valence-electron chi connectivity index (χ2n) is 3.60. The number of methoxy groups -OCH3 is 1. The van der Waals surface area contributed by atoms with Crippen molar-refractivity contribution in [2.24, 2.45) is 0 Å². The molecular formula is C11H18N2O2. The van der Waals surface area contributed by atoms with E-state index in [2.05, 4.69) is 10.3 Å². The fourth-order valence-electron chi connectivity index (χ4n) is 1.21. The second kappa shape index (κ2) is 5.68. The molecule has 0 bridgehead atoms. The van der Waals surface area contributed by atoms with Crippen molar-refractivity contribution in [1.82, 2.24) is 10.3 Å². The molecule has 0 aromatic carbocycles. The average molecular weight is 210 g/mol. The Labute approximate surface area is 90.3 Å². The van der Waals surface area contributed by atoms with E-state index in [4.69, 9.17) is 4.74 Å². The van der Waals surface area contributed by atoms with Crippen LogP contribution in [0.5, 0.6) is 5.75 Å². The Kier molecular flexibility index (Phi) is 4.52. The molecule has 1 aromatic heterocycles. The van der Waals surface area contributed by atoms with Crippen molar-refractivity contribution in [3.05, 3.63) is 23.5 Å². The highest BCUT2D eigenvalue weighted by molar-refractivity contribution is 5.27. The highest BCUT2D eigenvalue weighted by Crippen LogP contribution is 2.13. The summed E-state index contributed by atoms with van der Waals surface area (Å²) in [5.41, 5.74) is 1.59. The molecule has 4 nitrogen and oxygen atoms in total. The maximum absolute atomic E-state index is 9.52. The molecule has 0 spiro atoms. The lowest BCUT2D eigenvalue weighted by molar-refractivity contribution is 0.117. The van der Waals surface area contributed by atoms with Crippen molar-refractivity contribution in [1.29, 1.82) is 0 Å². The minimum absolute atomic E-state index is 0.164. The Morgan fingerprint density at radius 2 is 2.27 bits per heavy atom. The number of nitrogens with one attached hydrogen (secondary N) is 1. The molecule has 0 saturated heterocycles. The first-order chi connectivity index (χ1) is 7.13. The van der Waals surface area contributed by atoms with Gasteiger partial charge in [0.15, 0.2) is 0 Å². The number of aromatic hydroxyl groups is 1. The van der Waals surface area contributed by atoms with E-state index in [9.17, 15) is 5.11 Å². The van der Waals surface area contributed by atoms with Crippen LogP contribution in [-0.4, -0.2) is 29.8 Å². The van der Waals surface area contributed by atoms with Gasteiger partial charge in [-0.2, -0.15) is 0 Å². The molecule has 0 radical (unpaired) electrons. The van der Waals surface area contributed by atoms with Crippen LogP contribution in [0.1, 0.15) is 18.3 Å². The summed E-state index contributed by atoms with van der Waals surface area (Å²) in [6, 6.07) is 3.45. The number of aromatic nitrogens is 1. The van der Waals surface area contributed by atoms with Gasteiger partial charge in [0.1, 0.15) is 5.75 Å². The Bertz CT molecular complexity index is 315. The molecule has 1 atom stereocenters. The molecule has 0 amide bonds. The molecule has 1 aromatic rings. The normalized spacial score (nSPS) is 12.7. The summed E-state index contributed by atoms with van der Waals surface area (Å²) in [5, 5.41) is 12.7. The number of rotatable bonds is 5. The third kappa shape index (κ3) is 3.85. The van der Waals surface area contributed by atoms with Gasteiger partial charge < -0.3 is 15.2 Å². The zero-order valence-electron chi connectivity index (χ0n) is 9.45. The van der Waals surface area contributed by atoms with Crippen LogP contribution in [0, 0.1) is 6.92 Å². The van der Waals surface area contributed by atoms with Crippen molar-refractivity contribution in [2.45, 2.75) is 26.5 Å². The molecule has 15 heavy (non-hydrogen) atoms. The van der Waals surface area contributed by atoms with Crippen LogP contribution < -0.4 is 5.32 Å². The Hall–Kier alpha value is -1.13. The molecule has 2 N–H and O–H groups in total. The van der Waals surface area contributed by atoms with E-state index in [1.807, 2.05) is 13.8 Å². The van der Waals surface area contributed by atoms with Gasteiger partial charge >= 0.3 is 0 Å². The maximum Gasteiger partial charge on any atom is 0.138 e. The van der Waals surface area contributed by atoms with Crippen LogP contribution >= 0.6 is 0 Å². The lowest BCUT2D eigenvalue weighted by atomic mass is 10.3. The highest BCUT2D eigenvalue weighted by Gasteiger charge is 2.04. The number of aryl methyl sites for hydroxylation is 1. The van der Waals surface area contributed by atoms with E-state index in [1.165, 1.54) is 0 Å². The van der Waals surface area contributed by atoms with Gasteiger partial charge in [0.05, 0.1) is 11.8 Å². The minimum atomic E-state index is 0.164. The lowest BCUT2D eigenvalue weighted by Gasteiger charge is -2.11. The SMILES string of the molecule is COC(C)CNCc1nc(C)ccc1O. The lowest BCUT2D eigenvalue weighted by Crippen LogP contribution is -2.25. The zero-order chi connectivity index (χ0) is 11.3. The summed E-state index contributed by atoms with van der Waals surface area (Å²) in [4.78, 5) is 4.24. The van der Waals surface area contributed by atoms with Gasteiger partial charge in [-0.25, -0.2) is 0 Å². The van der Waals surface area contributed by atoms with Crippen molar-refractivity contribution in [2.75, 3.05) is 13.7 Å². The minimum Gasteiger partial charge on any atom is -0.506 e. The topological polar surface area (TPSA) is 54.4 Å². The van der Waals surface area contributed by atoms with E-state index in [-0.39, 0.29) is 11.9 Å². The zero-order valence-corrected chi connectivity index (χ0v) is 9.45. The summed E-state index contributed by atoms with van der Waals surface area (Å²) < 4.78 is 5.10. The van der Waals surface area contributed by atoms with Crippen LogP contribution in [-0.2, 0) is 11.3 Å². The predicted molar refractivity (Wildman–Crippen MR) is 58.8 cm³/mol. The van der Waals surface area contributed by atoms with Crippen molar-refractivity contribution in [3.63, 3.8) is 0 Å². The van der Waals surface area contributed by atoms with Gasteiger partial charge in [-0.05, 0) is 26.0 Å². The molecule has 0 aliphatic rings. The Morgan fingerprint density at radius 1 is 1.53 bits per heavy atom. The van der Waals surface area contributed by atoms with Gasteiger partial charge in [-0.15, -0.1) is 0 Å². The Balaban J connectivity index is 2.46. The second-order valence-corrected chi connectivity index (χ2v) is 3.60. The quantitative estimate of drug-likeness (QED) is 0.767. The summed E-state index contributed by atoms with van der Waals surface area (Å²) >= 11 is 0. The van der Waals surface area contributed by atoms with Crippen molar-refractivity contribution < 1.29 is 9.84 Å². The highest BCUT2D eigenvalue weighted by atomic mass is 16.5. The molecule has 1 heterocycles. The van der Waals surface area contributed by atoms with Crippen LogP contribution in [0.15, 0.2) is 12.1 Å². The van der Waals surface area contributed by atoms with Crippen molar-refractivity contribution in [3.8, 4) is 5.75 Å². The molecule has 4 heteroatoms. The number of ether oxygens (including phenoxy) is 1. The molecule has 1 rings (SSSR count). The van der Waals surface area contributed by atoms with Gasteiger partial charge in [0.2, 0.25) is 0 Å². The average Bonchev–Trinajstić information content (AvgIpc) is 2.23. The predicted octanol–water partition coefficient (Wildman–Crippen LogP) is 1.22. The summed E-state index contributed by atoms with van der Waals surface area (Å²) in [6.45, 7) is 5.18. The van der Waals surface area contributed by atoms with E-state index in [0.717, 1.165) is 12.2 Å². The molecule has 1 unspecified atom stereocenters. The fraction of sp³-hybridized carbons (Fsp3) is 0.545. The first kappa shape index (κ1) is 11.9. The number of hydrogen-bond acceptors (Lipinski definition) is 4. The summed E-state index contributed by atoms with van der Waals surface area (Å²) in [7, 11) is 1.68. The number of pyridine rings is 1. The first-order valence-electron chi connectivity index (χ1n) is 5.02. The maximum atomic E-state index is 9.52. The third-order valence-electron chi connectivity index (χ3n) is 2.22.